The Hall–Kier alpha value is -1.66. The van der Waals surface area contributed by atoms with Gasteiger partial charge in [-0.1, -0.05) is 34.2 Å². The van der Waals surface area contributed by atoms with Gasteiger partial charge in [0.25, 0.3) is 0 Å². The first kappa shape index (κ1) is 12.4. The van der Waals surface area contributed by atoms with Gasteiger partial charge in [0.2, 0.25) is 0 Å². The Morgan fingerprint density at radius 2 is 2.11 bits per heavy atom. The minimum Gasteiger partial charge on any atom is -0.261 e. The van der Waals surface area contributed by atoms with Crippen LogP contribution in [0.2, 0.25) is 0 Å². The third-order valence-electron chi connectivity index (χ3n) is 2.74. The summed E-state index contributed by atoms with van der Waals surface area (Å²) in [7, 11) is 0. The van der Waals surface area contributed by atoms with E-state index in [9.17, 15) is 0 Å². The maximum atomic E-state index is 5.47. The summed E-state index contributed by atoms with van der Waals surface area (Å²) in [4.78, 5) is 8.27. The molecule has 3 rings (SSSR count). The molecular weight excluding hydrogens is 324 g/mol. The number of halogens is 1. The molecule has 0 aliphatic heterocycles. The molecule has 0 saturated heterocycles. The van der Waals surface area contributed by atoms with Gasteiger partial charge in [0.1, 0.15) is 4.64 Å². The summed E-state index contributed by atoms with van der Waals surface area (Å²) in [5.41, 5.74) is 0.836. The first-order chi connectivity index (χ1) is 9.24. The molecule has 0 spiro atoms. The second-order valence-electron chi connectivity index (χ2n) is 4.04. The Kier molecular flexibility index (Phi) is 3.35. The topological polar surface area (TPSA) is 43.6 Å². The van der Waals surface area contributed by atoms with Crippen LogP contribution in [0.1, 0.15) is 5.69 Å². The van der Waals surface area contributed by atoms with E-state index in [-0.39, 0.29) is 0 Å². The molecule has 0 N–H and O–H groups in total. The van der Waals surface area contributed by atoms with Crippen LogP contribution in [0.4, 0.5) is 0 Å². The normalized spacial score (nSPS) is 10.8. The van der Waals surface area contributed by atoms with E-state index in [0.717, 1.165) is 20.9 Å². The SMILES string of the molecule is S=c1c2ccc(Br)cc2cnn1Cc1cnccn1. The van der Waals surface area contributed by atoms with E-state index >= 15 is 0 Å². The fraction of sp³-hybridized carbons (Fsp3) is 0.0769. The Morgan fingerprint density at radius 3 is 2.89 bits per heavy atom. The maximum Gasteiger partial charge on any atom is 0.130 e. The average Bonchev–Trinajstić information content (AvgIpc) is 2.43. The number of rotatable bonds is 2. The summed E-state index contributed by atoms with van der Waals surface area (Å²) >= 11 is 8.92. The molecule has 0 saturated carbocycles. The summed E-state index contributed by atoms with van der Waals surface area (Å²) in [5, 5.41) is 6.40. The van der Waals surface area contributed by atoms with Crippen LogP contribution in [0.5, 0.6) is 0 Å². The van der Waals surface area contributed by atoms with Crippen molar-refractivity contribution in [2.75, 3.05) is 0 Å². The highest BCUT2D eigenvalue weighted by molar-refractivity contribution is 9.10. The van der Waals surface area contributed by atoms with E-state index in [1.165, 1.54) is 0 Å². The molecule has 0 fully saturated rings. The van der Waals surface area contributed by atoms with Crippen molar-refractivity contribution >= 4 is 38.9 Å². The fourth-order valence-electron chi connectivity index (χ4n) is 1.84. The molecule has 0 aliphatic rings. The lowest BCUT2D eigenvalue weighted by atomic mass is 10.2. The Morgan fingerprint density at radius 1 is 1.21 bits per heavy atom. The van der Waals surface area contributed by atoms with Crippen LogP contribution in [-0.2, 0) is 6.54 Å². The number of hydrogen-bond donors (Lipinski definition) is 0. The first-order valence-electron chi connectivity index (χ1n) is 5.64. The van der Waals surface area contributed by atoms with E-state index in [4.69, 9.17) is 12.2 Å². The third kappa shape index (κ3) is 2.54. The molecule has 0 aliphatic carbocycles. The van der Waals surface area contributed by atoms with Gasteiger partial charge >= 0.3 is 0 Å². The lowest BCUT2D eigenvalue weighted by Gasteiger charge is -2.07. The minimum atomic E-state index is 0.526. The Balaban J connectivity index is 2.08. The predicted octanol–water partition coefficient (Wildman–Crippen LogP) is 3.37. The molecule has 2 heterocycles. The van der Waals surface area contributed by atoms with Crippen LogP contribution >= 0.6 is 28.1 Å². The van der Waals surface area contributed by atoms with Crippen molar-refractivity contribution in [2.45, 2.75) is 6.54 Å². The smallest absolute Gasteiger partial charge is 0.130 e. The molecule has 0 unspecified atom stereocenters. The zero-order valence-corrected chi connectivity index (χ0v) is 12.2. The van der Waals surface area contributed by atoms with Crippen molar-refractivity contribution in [3.8, 4) is 0 Å². The summed E-state index contributed by atoms with van der Waals surface area (Å²) in [6, 6.07) is 5.98. The first-order valence-corrected chi connectivity index (χ1v) is 6.84. The van der Waals surface area contributed by atoms with E-state index < -0.39 is 0 Å². The van der Waals surface area contributed by atoms with E-state index in [1.807, 2.05) is 24.4 Å². The molecule has 1 aromatic carbocycles. The van der Waals surface area contributed by atoms with Crippen molar-refractivity contribution in [1.29, 1.82) is 0 Å². The molecule has 3 aromatic rings. The molecule has 0 atom stereocenters. The maximum absolute atomic E-state index is 5.47. The van der Waals surface area contributed by atoms with Crippen LogP contribution in [0, 0.1) is 4.64 Å². The summed E-state index contributed by atoms with van der Waals surface area (Å²) in [6.07, 6.45) is 6.84. The molecule has 6 heteroatoms. The quantitative estimate of drug-likeness (QED) is 0.675. The number of fused-ring (bicyclic) bond motifs is 1. The van der Waals surface area contributed by atoms with E-state index in [1.54, 1.807) is 23.3 Å². The Labute approximate surface area is 123 Å². The molecular formula is C13H9BrN4S. The van der Waals surface area contributed by atoms with Gasteiger partial charge in [-0.3, -0.25) is 9.97 Å². The zero-order chi connectivity index (χ0) is 13.2. The summed E-state index contributed by atoms with van der Waals surface area (Å²) in [6.45, 7) is 0.526. The van der Waals surface area contributed by atoms with Gasteiger partial charge in [0, 0.05) is 27.6 Å². The van der Waals surface area contributed by atoms with Gasteiger partial charge < -0.3 is 0 Å². The highest BCUT2D eigenvalue weighted by Crippen LogP contribution is 2.19. The van der Waals surface area contributed by atoms with Gasteiger partial charge in [0.15, 0.2) is 0 Å². The molecule has 0 radical (unpaired) electrons. The van der Waals surface area contributed by atoms with Crippen LogP contribution in [0.15, 0.2) is 47.5 Å². The molecule has 0 amide bonds. The predicted molar refractivity (Wildman–Crippen MR) is 79.4 cm³/mol. The van der Waals surface area contributed by atoms with E-state index in [2.05, 4.69) is 31.0 Å². The molecule has 4 nitrogen and oxygen atoms in total. The third-order valence-corrected chi connectivity index (χ3v) is 3.67. The van der Waals surface area contributed by atoms with Crippen molar-refractivity contribution in [2.24, 2.45) is 0 Å². The largest absolute Gasteiger partial charge is 0.261 e. The number of aromatic nitrogens is 4. The highest BCUT2D eigenvalue weighted by atomic mass is 79.9. The number of hydrogen-bond acceptors (Lipinski definition) is 4. The highest BCUT2D eigenvalue weighted by Gasteiger charge is 2.03. The van der Waals surface area contributed by atoms with Crippen LogP contribution < -0.4 is 0 Å². The monoisotopic (exact) mass is 332 g/mol. The van der Waals surface area contributed by atoms with E-state index in [0.29, 0.717) is 11.2 Å². The second kappa shape index (κ2) is 5.14. The zero-order valence-electron chi connectivity index (χ0n) is 9.82. The van der Waals surface area contributed by atoms with Crippen LogP contribution in [0.25, 0.3) is 10.8 Å². The van der Waals surface area contributed by atoms with Gasteiger partial charge in [-0.15, -0.1) is 0 Å². The van der Waals surface area contributed by atoms with Crippen LogP contribution in [-0.4, -0.2) is 19.7 Å². The standard InChI is InChI=1S/C13H9BrN4S/c14-10-1-2-12-9(5-10)6-17-18(13(12)19)8-11-7-15-3-4-16-11/h1-7H,8H2. The van der Waals surface area contributed by atoms with Crippen molar-refractivity contribution in [1.82, 2.24) is 19.7 Å². The fourth-order valence-corrected chi connectivity index (χ4v) is 2.51. The number of nitrogens with zero attached hydrogens (tertiary/aromatic N) is 4. The van der Waals surface area contributed by atoms with Gasteiger partial charge in [0.05, 0.1) is 24.6 Å². The summed E-state index contributed by atoms with van der Waals surface area (Å²) < 4.78 is 3.48. The number of benzene rings is 1. The van der Waals surface area contributed by atoms with Crippen LogP contribution in [0.3, 0.4) is 0 Å². The minimum absolute atomic E-state index is 0.526. The molecule has 0 bridgehead atoms. The summed E-state index contributed by atoms with van der Waals surface area (Å²) in [5.74, 6) is 0. The van der Waals surface area contributed by atoms with Crippen molar-refractivity contribution in [3.05, 3.63) is 57.8 Å². The lowest BCUT2D eigenvalue weighted by Crippen LogP contribution is -2.07. The average molecular weight is 333 g/mol. The molecule has 2 aromatic heterocycles. The van der Waals surface area contributed by atoms with Crippen molar-refractivity contribution < 1.29 is 0 Å². The molecule has 19 heavy (non-hydrogen) atoms. The van der Waals surface area contributed by atoms with Gasteiger partial charge in [-0.2, -0.15) is 5.10 Å². The van der Waals surface area contributed by atoms with Crippen molar-refractivity contribution in [3.63, 3.8) is 0 Å². The van der Waals surface area contributed by atoms with Gasteiger partial charge in [-0.25, -0.2) is 4.68 Å². The second-order valence-corrected chi connectivity index (χ2v) is 5.34. The molecule has 94 valence electrons. The lowest BCUT2D eigenvalue weighted by molar-refractivity contribution is 0.647. The van der Waals surface area contributed by atoms with Gasteiger partial charge in [-0.05, 0) is 12.1 Å². The Bertz CT molecular complexity index is 786.